The van der Waals surface area contributed by atoms with E-state index >= 15 is 0 Å². The predicted molar refractivity (Wildman–Crippen MR) is 60.6 cm³/mol. The number of rotatable bonds is 6. The molecule has 72 valence electrons. The van der Waals surface area contributed by atoms with Gasteiger partial charge < -0.3 is 5.32 Å². The van der Waals surface area contributed by atoms with Crippen molar-refractivity contribution in [1.82, 2.24) is 5.32 Å². The van der Waals surface area contributed by atoms with Gasteiger partial charge in [-0.25, -0.2) is 0 Å². The number of hydrogen-bond donors (Lipinski definition) is 1. The summed E-state index contributed by atoms with van der Waals surface area (Å²) in [4.78, 5) is 11.2. The van der Waals surface area contributed by atoms with Crippen LogP contribution in [-0.2, 0) is 4.79 Å². The Morgan fingerprint density at radius 2 is 2.25 bits per heavy atom. The maximum atomic E-state index is 11.2. The van der Waals surface area contributed by atoms with Crippen molar-refractivity contribution in [3.8, 4) is 0 Å². The fourth-order valence-corrected chi connectivity index (χ4v) is 1.21. The van der Waals surface area contributed by atoms with Crippen molar-refractivity contribution in [2.45, 2.75) is 33.1 Å². The number of alkyl halides is 1. The third-order valence-corrected chi connectivity index (χ3v) is 2.63. The van der Waals surface area contributed by atoms with Gasteiger partial charge in [-0.2, -0.15) is 0 Å². The Kier molecular flexibility index (Phi) is 7.96. The molecule has 0 aromatic heterocycles. The zero-order valence-electron chi connectivity index (χ0n) is 7.90. The van der Waals surface area contributed by atoms with Gasteiger partial charge in [0.1, 0.15) is 0 Å². The van der Waals surface area contributed by atoms with Crippen molar-refractivity contribution in [3.05, 3.63) is 0 Å². The fourth-order valence-electron chi connectivity index (χ4n) is 0.828. The molecule has 0 saturated heterocycles. The summed E-state index contributed by atoms with van der Waals surface area (Å²) in [5.74, 6) is 0.721. The molecule has 0 spiro atoms. The standard InChI is InChI=1S/C9H18INO/c1-3-8(2)7-9(12)11-6-4-5-10/h8H,3-7H2,1-2H3,(H,11,12). The number of carbonyl (C=O) groups excluding carboxylic acids is 1. The molecular weight excluding hydrogens is 265 g/mol. The first-order chi connectivity index (χ1) is 5.70. The molecule has 1 unspecified atom stereocenters. The molecule has 0 radical (unpaired) electrons. The van der Waals surface area contributed by atoms with Gasteiger partial charge in [-0.3, -0.25) is 4.79 Å². The Balaban J connectivity index is 3.33. The van der Waals surface area contributed by atoms with E-state index in [0.717, 1.165) is 23.8 Å². The summed E-state index contributed by atoms with van der Waals surface area (Å²) in [6.45, 7) is 5.05. The van der Waals surface area contributed by atoms with Crippen LogP contribution < -0.4 is 5.32 Å². The molecule has 0 aliphatic heterocycles. The minimum Gasteiger partial charge on any atom is -0.356 e. The van der Waals surface area contributed by atoms with E-state index in [1.54, 1.807) is 0 Å². The minimum absolute atomic E-state index is 0.203. The summed E-state index contributed by atoms with van der Waals surface area (Å²) < 4.78 is 1.11. The summed E-state index contributed by atoms with van der Waals surface area (Å²) in [6.07, 6.45) is 2.84. The van der Waals surface area contributed by atoms with Gasteiger partial charge in [0.15, 0.2) is 0 Å². The second-order valence-electron chi connectivity index (χ2n) is 3.11. The van der Waals surface area contributed by atoms with E-state index in [2.05, 4.69) is 41.8 Å². The largest absolute Gasteiger partial charge is 0.356 e. The topological polar surface area (TPSA) is 29.1 Å². The second kappa shape index (κ2) is 7.83. The van der Waals surface area contributed by atoms with E-state index in [-0.39, 0.29) is 5.91 Å². The van der Waals surface area contributed by atoms with Gasteiger partial charge in [-0.1, -0.05) is 42.9 Å². The molecular formula is C9H18INO. The van der Waals surface area contributed by atoms with Crippen LogP contribution in [0.3, 0.4) is 0 Å². The molecule has 1 N–H and O–H groups in total. The van der Waals surface area contributed by atoms with E-state index in [1.165, 1.54) is 0 Å². The molecule has 2 nitrogen and oxygen atoms in total. The van der Waals surface area contributed by atoms with Crippen LogP contribution in [-0.4, -0.2) is 16.9 Å². The number of hydrogen-bond acceptors (Lipinski definition) is 1. The lowest BCUT2D eigenvalue weighted by atomic mass is 10.1. The van der Waals surface area contributed by atoms with Gasteiger partial charge in [-0.05, 0) is 12.3 Å². The first kappa shape index (κ1) is 12.2. The maximum Gasteiger partial charge on any atom is 0.220 e. The Morgan fingerprint density at radius 1 is 1.58 bits per heavy atom. The second-order valence-corrected chi connectivity index (χ2v) is 4.19. The van der Waals surface area contributed by atoms with Crippen LogP contribution >= 0.6 is 22.6 Å². The Labute approximate surface area is 88.6 Å². The lowest BCUT2D eigenvalue weighted by molar-refractivity contribution is -0.121. The zero-order valence-corrected chi connectivity index (χ0v) is 10.1. The monoisotopic (exact) mass is 283 g/mol. The summed E-state index contributed by atoms with van der Waals surface area (Å²) in [6, 6.07) is 0. The molecule has 0 aliphatic carbocycles. The Hall–Kier alpha value is 0.200. The maximum absolute atomic E-state index is 11.2. The van der Waals surface area contributed by atoms with Crippen LogP contribution in [0.25, 0.3) is 0 Å². The minimum atomic E-state index is 0.203. The summed E-state index contributed by atoms with van der Waals surface area (Å²) in [5.41, 5.74) is 0. The highest BCUT2D eigenvalue weighted by Gasteiger charge is 2.05. The van der Waals surface area contributed by atoms with Crippen molar-refractivity contribution in [1.29, 1.82) is 0 Å². The molecule has 0 rings (SSSR count). The predicted octanol–water partition coefficient (Wildman–Crippen LogP) is 2.36. The average molecular weight is 283 g/mol. The zero-order chi connectivity index (χ0) is 9.40. The first-order valence-corrected chi connectivity index (χ1v) is 6.06. The quantitative estimate of drug-likeness (QED) is 0.452. The Morgan fingerprint density at radius 3 is 2.75 bits per heavy atom. The van der Waals surface area contributed by atoms with Crippen LogP contribution in [0.4, 0.5) is 0 Å². The van der Waals surface area contributed by atoms with Crippen molar-refractivity contribution in [2.75, 3.05) is 11.0 Å². The third-order valence-electron chi connectivity index (χ3n) is 1.86. The molecule has 1 atom stereocenters. The number of amides is 1. The lowest BCUT2D eigenvalue weighted by Crippen LogP contribution is -2.25. The molecule has 3 heteroatoms. The van der Waals surface area contributed by atoms with Gasteiger partial charge in [-0.15, -0.1) is 0 Å². The highest BCUT2D eigenvalue weighted by Crippen LogP contribution is 2.05. The molecule has 0 heterocycles. The lowest BCUT2D eigenvalue weighted by Gasteiger charge is -2.08. The van der Waals surface area contributed by atoms with Crippen LogP contribution in [0, 0.1) is 5.92 Å². The van der Waals surface area contributed by atoms with Gasteiger partial charge in [0.2, 0.25) is 5.91 Å². The van der Waals surface area contributed by atoms with Gasteiger partial charge in [0.05, 0.1) is 0 Å². The first-order valence-electron chi connectivity index (χ1n) is 4.53. The van der Waals surface area contributed by atoms with E-state index in [1.807, 2.05) is 0 Å². The molecule has 0 aromatic carbocycles. The normalized spacial score (nSPS) is 12.6. The van der Waals surface area contributed by atoms with E-state index in [4.69, 9.17) is 0 Å². The van der Waals surface area contributed by atoms with Crippen LogP contribution in [0.5, 0.6) is 0 Å². The SMILES string of the molecule is CCC(C)CC(=O)NCCCI. The van der Waals surface area contributed by atoms with Crippen molar-refractivity contribution in [3.63, 3.8) is 0 Å². The van der Waals surface area contributed by atoms with Crippen LogP contribution in [0.15, 0.2) is 0 Å². The van der Waals surface area contributed by atoms with Crippen molar-refractivity contribution in [2.24, 2.45) is 5.92 Å². The highest BCUT2D eigenvalue weighted by molar-refractivity contribution is 14.1. The molecule has 0 saturated carbocycles. The number of nitrogens with one attached hydrogen (secondary N) is 1. The smallest absolute Gasteiger partial charge is 0.220 e. The van der Waals surface area contributed by atoms with Crippen molar-refractivity contribution < 1.29 is 4.79 Å². The molecule has 12 heavy (non-hydrogen) atoms. The van der Waals surface area contributed by atoms with Crippen LogP contribution in [0.2, 0.25) is 0 Å². The van der Waals surface area contributed by atoms with Crippen LogP contribution in [0.1, 0.15) is 33.1 Å². The summed E-state index contributed by atoms with van der Waals surface area (Å²) in [5, 5.41) is 2.91. The van der Waals surface area contributed by atoms with Gasteiger partial charge in [0, 0.05) is 17.4 Å². The van der Waals surface area contributed by atoms with Gasteiger partial charge in [0.25, 0.3) is 0 Å². The van der Waals surface area contributed by atoms with Gasteiger partial charge >= 0.3 is 0 Å². The molecule has 0 aliphatic rings. The molecule has 0 fully saturated rings. The molecule has 0 aromatic rings. The Bertz CT molecular complexity index is 128. The summed E-state index contributed by atoms with van der Waals surface area (Å²) >= 11 is 2.32. The van der Waals surface area contributed by atoms with E-state index < -0.39 is 0 Å². The molecule has 0 bridgehead atoms. The third kappa shape index (κ3) is 6.88. The fraction of sp³-hybridized carbons (Fsp3) is 0.889. The van der Waals surface area contributed by atoms with E-state index in [0.29, 0.717) is 12.3 Å². The number of halogens is 1. The number of carbonyl (C=O) groups is 1. The average Bonchev–Trinajstić information content (AvgIpc) is 2.05. The molecule has 1 amide bonds. The highest BCUT2D eigenvalue weighted by atomic mass is 127. The van der Waals surface area contributed by atoms with Crippen molar-refractivity contribution >= 4 is 28.5 Å². The van der Waals surface area contributed by atoms with E-state index in [9.17, 15) is 4.79 Å². The summed E-state index contributed by atoms with van der Waals surface area (Å²) in [7, 11) is 0.